The minimum Gasteiger partial charge on any atom is -0.371 e. The first-order chi connectivity index (χ1) is 9.22. The van der Waals surface area contributed by atoms with Gasteiger partial charge in [-0.15, -0.1) is 0 Å². The second kappa shape index (κ2) is 5.27. The molecule has 1 unspecified atom stereocenters. The molecule has 1 aromatic carbocycles. The van der Waals surface area contributed by atoms with Gasteiger partial charge in [0.25, 0.3) is 0 Å². The maximum atomic E-state index is 12.9. The van der Waals surface area contributed by atoms with Crippen molar-refractivity contribution >= 4 is 5.91 Å². The van der Waals surface area contributed by atoms with E-state index in [2.05, 4.69) is 10.2 Å². The molecule has 0 bridgehead atoms. The monoisotopic (exact) mass is 264 g/mol. The van der Waals surface area contributed by atoms with Crippen molar-refractivity contribution < 1.29 is 13.9 Å². The molecule has 2 saturated heterocycles. The highest BCUT2D eigenvalue weighted by molar-refractivity contribution is 5.78. The Morgan fingerprint density at radius 3 is 2.79 bits per heavy atom. The zero-order valence-corrected chi connectivity index (χ0v) is 10.6. The summed E-state index contributed by atoms with van der Waals surface area (Å²) < 4.78 is 18.3. The molecule has 1 N–H and O–H groups in total. The zero-order valence-electron chi connectivity index (χ0n) is 10.6. The van der Waals surface area contributed by atoms with Gasteiger partial charge in [-0.1, -0.05) is 12.1 Å². The lowest BCUT2D eigenvalue weighted by Gasteiger charge is -2.33. The van der Waals surface area contributed by atoms with E-state index in [9.17, 15) is 9.18 Å². The van der Waals surface area contributed by atoms with Gasteiger partial charge in [0.05, 0.1) is 19.3 Å². The molecule has 0 aromatic heterocycles. The molecule has 2 aliphatic heterocycles. The van der Waals surface area contributed by atoms with Gasteiger partial charge in [-0.2, -0.15) is 0 Å². The lowest BCUT2D eigenvalue weighted by atomic mass is 10.0. The second-order valence-electron chi connectivity index (χ2n) is 5.09. The minimum atomic E-state index is -0.222. The lowest BCUT2D eigenvalue weighted by molar-refractivity contribution is -0.125. The Balaban J connectivity index is 1.70. The van der Waals surface area contributed by atoms with E-state index >= 15 is 0 Å². The molecule has 0 radical (unpaired) electrons. The lowest BCUT2D eigenvalue weighted by Crippen LogP contribution is -2.53. The number of carbonyl (C=O) groups excluding carboxylic acids is 1. The van der Waals surface area contributed by atoms with Crippen molar-refractivity contribution in [1.82, 2.24) is 10.2 Å². The second-order valence-corrected chi connectivity index (χ2v) is 5.09. The third-order valence-corrected chi connectivity index (χ3v) is 3.68. The molecule has 4 nitrogen and oxygen atoms in total. The van der Waals surface area contributed by atoms with Crippen molar-refractivity contribution in [2.75, 3.05) is 26.2 Å². The van der Waals surface area contributed by atoms with Crippen LogP contribution >= 0.6 is 0 Å². The Bertz CT molecular complexity index is 459. The SMILES string of the molecule is O=C1CN(C(Cc2ccc(F)cc2)[C@H]2CO2)CCN1. The third kappa shape index (κ3) is 3.11. The van der Waals surface area contributed by atoms with Crippen molar-refractivity contribution in [3.63, 3.8) is 0 Å². The minimum absolute atomic E-state index is 0.0657. The van der Waals surface area contributed by atoms with Crippen LogP contribution in [0.15, 0.2) is 24.3 Å². The van der Waals surface area contributed by atoms with Gasteiger partial charge in [0, 0.05) is 19.1 Å². The normalized spacial score (nSPS) is 24.9. The number of nitrogens with zero attached hydrogens (tertiary/aromatic N) is 1. The summed E-state index contributed by atoms with van der Waals surface area (Å²) in [6.45, 7) is 2.71. The smallest absolute Gasteiger partial charge is 0.234 e. The predicted molar refractivity (Wildman–Crippen MR) is 68.2 cm³/mol. The number of epoxide rings is 1. The fourth-order valence-corrected chi connectivity index (χ4v) is 2.58. The van der Waals surface area contributed by atoms with E-state index in [0.29, 0.717) is 13.1 Å². The number of carbonyl (C=O) groups is 1. The van der Waals surface area contributed by atoms with Crippen LogP contribution in [0, 0.1) is 5.82 Å². The Kier molecular flexibility index (Phi) is 3.48. The maximum absolute atomic E-state index is 12.9. The summed E-state index contributed by atoms with van der Waals surface area (Å²) in [5.74, 6) is -0.156. The number of amides is 1. The average Bonchev–Trinajstić information content (AvgIpc) is 3.22. The van der Waals surface area contributed by atoms with Gasteiger partial charge < -0.3 is 10.1 Å². The van der Waals surface area contributed by atoms with E-state index in [-0.39, 0.29) is 23.9 Å². The van der Waals surface area contributed by atoms with Gasteiger partial charge in [-0.3, -0.25) is 9.69 Å². The highest BCUT2D eigenvalue weighted by Crippen LogP contribution is 2.23. The van der Waals surface area contributed by atoms with Crippen molar-refractivity contribution in [3.05, 3.63) is 35.6 Å². The molecular weight excluding hydrogens is 247 g/mol. The van der Waals surface area contributed by atoms with Gasteiger partial charge in [-0.25, -0.2) is 4.39 Å². The predicted octanol–water partition coefficient (Wildman–Crippen LogP) is 0.567. The number of halogens is 1. The van der Waals surface area contributed by atoms with Crippen LogP contribution < -0.4 is 5.32 Å². The number of hydrogen-bond acceptors (Lipinski definition) is 3. The molecule has 2 fully saturated rings. The van der Waals surface area contributed by atoms with Crippen molar-refractivity contribution in [3.8, 4) is 0 Å². The topological polar surface area (TPSA) is 44.9 Å². The molecule has 2 aliphatic rings. The fraction of sp³-hybridized carbons (Fsp3) is 0.500. The summed E-state index contributed by atoms with van der Waals surface area (Å²) in [7, 11) is 0. The Labute approximate surface area is 111 Å². The molecule has 0 aliphatic carbocycles. The number of benzene rings is 1. The highest BCUT2D eigenvalue weighted by Gasteiger charge is 2.38. The van der Waals surface area contributed by atoms with Gasteiger partial charge in [0.2, 0.25) is 5.91 Å². The summed E-state index contributed by atoms with van der Waals surface area (Å²) in [6, 6.07) is 6.76. The van der Waals surface area contributed by atoms with E-state index < -0.39 is 0 Å². The van der Waals surface area contributed by atoms with Crippen LogP contribution in [0.25, 0.3) is 0 Å². The van der Waals surface area contributed by atoms with Gasteiger partial charge in [-0.05, 0) is 24.1 Å². The summed E-state index contributed by atoms with van der Waals surface area (Å²) in [5, 5.41) is 2.83. The molecule has 0 spiro atoms. The summed E-state index contributed by atoms with van der Waals surface area (Å²) in [4.78, 5) is 13.6. The van der Waals surface area contributed by atoms with E-state index in [1.165, 1.54) is 12.1 Å². The van der Waals surface area contributed by atoms with Gasteiger partial charge in [0.1, 0.15) is 5.82 Å². The number of piperazine rings is 1. The van der Waals surface area contributed by atoms with E-state index in [1.807, 2.05) is 0 Å². The quantitative estimate of drug-likeness (QED) is 0.809. The number of rotatable bonds is 4. The zero-order chi connectivity index (χ0) is 13.2. The van der Waals surface area contributed by atoms with Gasteiger partial charge >= 0.3 is 0 Å². The molecule has 102 valence electrons. The first-order valence-electron chi connectivity index (χ1n) is 6.59. The number of ether oxygens (including phenoxy) is 1. The molecule has 0 saturated carbocycles. The van der Waals surface area contributed by atoms with Crippen LogP contribution in [-0.4, -0.2) is 49.2 Å². The molecule has 1 amide bonds. The van der Waals surface area contributed by atoms with E-state index in [4.69, 9.17) is 4.74 Å². The average molecular weight is 264 g/mol. The third-order valence-electron chi connectivity index (χ3n) is 3.68. The van der Waals surface area contributed by atoms with Crippen LogP contribution in [0.3, 0.4) is 0 Å². The van der Waals surface area contributed by atoms with Crippen LogP contribution in [0.5, 0.6) is 0 Å². The molecule has 2 atom stereocenters. The molecule has 19 heavy (non-hydrogen) atoms. The number of nitrogens with one attached hydrogen (secondary N) is 1. The highest BCUT2D eigenvalue weighted by atomic mass is 19.1. The van der Waals surface area contributed by atoms with Crippen molar-refractivity contribution in [2.24, 2.45) is 0 Å². The van der Waals surface area contributed by atoms with Crippen LogP contribution in [0.1, 0.15) is 5.56 Å². The Morgan fingerprint density at radius 2 is 2.16 bits per heavy atom. The van der Waals surface area contributed by atoms with Crippen LogP contribution in [0.2, 0.25) is 0 Å². The molecule has 5 heteroatoms. The maximum Gasteiger partial charge on any atom is 0.234 e. The molecule has 3 rings (SSSR count). The Morgan fingerprint density at radius 1 is 1.42 bits per heavy atom. The first-order valence-corrected chi connectivity index (χ1v) is 6.59. The van der Waals surface area contributed by atoms with Crippen molar-refractivity contribution in [2.45, 2.75) is 18.6 Å². The summed E-state index contributed by atoms with van der Waals surface area (Å²) in [6.07, 6.45) is 0.994. The Hall–Kier alpha value is -1.46. The van der Waals surface area contributed by atoms with Crippen LogP contribution in [-0.2, 0) is 16.0 Å². The van der Waals surface area contributed by atoms with Crippen LogP contribution in [0.4, 0.5) is 4.39 Å². The van der Waals surface area contributed by atoms with Crippen molar-refractivity contribution in [1.29, 1.82) is 0 Å². The standard InChI is InChI=1S/C14H17FN2O2/c15-11-3-1-10(2-4-11)7-12(13-9-19-13)17-6-5-16-14(18)8-17/h1-4,12-13H,5-9H2,(H,16,18)/t12?,13-/m1/s1. The fourth-order valence-electron chi connectivity index (χ4n) is 2.58. The molecular formula is C14H17FN2O2. The van der Waals surface area contributed by atoms with E-state index in [1.54, 1.807) is 12.1 Å². The molecule has 1 aromatic rings. The van der Waals surface area contributed by atoms with Gasteiger partial charge in [0.15, 0.2) is 0 Å². The first kappa shape index (κ1) is 12.6. The summed E-state index contributed by atoms with van der Waals surface area (Å²) >= 11 is 0. The molecule has 2 heterocycles. The number of hydrogen-bond donors (Lipinski definition) is 1. The van der Waals surface area contributed by atoms with E-state index in [0.717, 1.165) is 25.1 Å². The largest absolute Gasteiger partial charge is 0.371 e. The summed E-state index contributed by atoms with van der Waals surface area (Å²) in [5.41, 5.74) is 1.08.